The monoisotopic (exact) mass is 935 g/mol. The number of carbonyl (C=O) groups is 6. The van der Waals surface area contributed by atoms with Gasteiger partial charge in [0, 0.05) is 18.4 Å². The van der Waals surface area contributed by atoms with E-state index in [0.29, 0.717) is 55.9 Å². The number of benzene rings is 3. The number of ketones is 1. The van der Waals surface area contributed by atoms with Crippen molar-refractivity contribution in [2.75, 3.05) is 39.5 Å². The second-order valence-electron chi connectivity index (χ2n) is 19.6. The number of Topliss-reactive ketones (excluding diaryl/α,β-unsaturated/α-hetero) is 1. The number of hydrogen-bond acceptors (Lipinski definition) is 9. The number of morpholine rings is 1. The van der Waals surface area contributed by atoms with Gasteiger partial charge >= 0.3 is 5.97 Å². The SMILES string of the molecule is C#CCCC(=O)Oc1c(C)cc(C[N+]2(CC(=O)NC(CCc3ccccc3)C(=O)NC(CC(C)C)C(=O)NC(Cc3ccccc3)C(=O)NC(CC(C)C)C(=O)[C@@]3(C)CO3)CCOCC2)cc1C. The molecule has 0 aliphatic carbocycles. The molecule has 0 bridgehead atoms. The van der Waals surface area contributed by atoms with Crippen molar-refractivity contribution in [1.82, 2.24) is 21.3 Å². The Labute approximate surface area is 402 Å². The zero-order chi connectivity index (χ0) is 49.4. The third-order valence-electron chi connectivity index (χ3n) is 12.5. The average molecular weight is 935 g/mol. The fourth-order valence-corrected chi connectivity index (χ4v) is 8.79. The van der Waals surface area contributed by atoms with Crippen LogP contribution in [0.1, 0.15) is 94.5 Å². The highest BCUT2D eigenvalue weighted by Crippen LogP contribution is 2.30. The van der Waals surface area contributed by atoms with Gasteiger partial charge in [0.25, 0.3) is 5.91 Å². The van der Waals surface area contributed by atoms with Crippen molar-refractivity contribution in [2.45, 2.75) is 130 Å². The Morgan fingerprint density at radius 2 is 1.26 bits per heavy atom. The molecule has 5 atom stereocenters. The Morgan fingerprint density at radius 1 is 0.735 bits per heavy atom. The predicted octanol–water partition coefficient (Wildman–Crippen LogP) is 5.23. The highest BCUT2D eigenvalue weighted by Gasteiger charge is 2.50. The number of quaternary nitrogens is 1. The van der Waals surface area contributed by atoms with Crippen LogP contribution in [0.4, 0.5) is 0 Å². The summed E-state index contributed by atoms with van der Waals surface area (Å²) in [6.07, 6.45) is 7.27. The summed E-state index contributed by atoms with van der Waals surface area (Å²) in [7, 11) is 0. The van der Waals surface area contributed by atoms with Gasteiger partial charge in [-0.3, -0.25) is 28.8 Å². The number of amides is 4. The molecule has 3 aromatic rings. The number of carbonyl (C=O) groups excluding carboxylic acids is 6. The van der Waals surface area contributed by atoms with Gasteiger partial charge in [0.05, 0.1) is 32.3 Å². The molecular weight excluding hydrogens is 863 g/mol. The maximum atomic E-state index is 14.5. The number of ether oxygens (including phenoxy) is 3. The van der Waals surface area contributed by atoms with E-state index in [1.807, 2.05) is 114 Å². The molecule has 0 aromatic heterocycles. The molecule has 14 nitrogen and oxygen atoms in total. The Bertz CT molecular complexity index is 2220. The van der Waals surface area contributed by atoms with Crippen LogP contribution in [0.15, 0.2) is 72.8 Å². The number of aryl methyl sites for hydroxylation is 3. The van der Waals surface area contributed by atoms with Crippen LogP contribution in [0, 0.1) is 38.0 Å². The fraction of sp³-hybridized carbons (Fsp3) is 0.519. The van der Waals surface area contributed by atoms with Gasteiger partial charge in [-0.05, 0) is 92.7 Å². The van der Waals surface area contributed by atoms with Crippen LogP contribution in [-0.4, -0.2) is 109 Å². The molecule has 5 rings (SSSR count). The van der Waals surface area contributed by atoms with Crippen LogP contribution in [0.3, 0.4) is 0 Å². The van der Waals surface area contributed by atoms with Gasteiger partial charge in [0.15, 0.2) is 12.3 Å². The first-order chi connectivity index (χ1) is 32.4. The average Bonchev–Trinajstić information content (AvgIpc) is 4.05. The Morgan fingerprint density at radius 3 is 1.84 bits per heavy atom. The molecule has 2 heterocycles. The lowest BCUT2D eigenvalue weighted by molar-refractivity contribution is -0.940. The maximum Gasteiger partial charge on any atom is 0.312 e. The van der Waals surface area contributed by atoms with Crippen LogP contribution >= 0.6 is 0 Å². The molecule has 2 fully saturated rings. The molecule has 0 spiro atoms. The highest BCUT2D eigenvalue weighted by atomic mass is 16.6. The number of nitrogens with one attached hydrogen (secondary N) is 4. The molecule has 0 radical (unpaired) electrons. The molecule has 68 heavy (non-hydrogen) atoms. The normalized spacial score (nSPS) is 18.0. The van der Waals surface area contributed by atoms with Crippen LogP contribution in [0.2, 0.25) is 0 Å². The van der Waals surface area contributed by atoms with E-state index in [4.69, 9.17) is 20.6 Å². The number of terminal acetylenes is 1. The van der Waals surface area contributed by atoms with Crippen LogP contribution in [0.25, 0.3) is 0 Å². The van der Waals surface area contributed by atoms with E-state index >= 15 is 0 Å². The lowest BCUT2D eigenvalue weighted by Gasteiger charge is -2.41. The van der Waals surface area contributed by atoms with Gasteiger partial charge in [-0.2, -0.15) is 0 Å². The van der Waals surface area contributed by atoms with Crippen molar-refractivity contribution >= 4 is 35.4 Å². The Balaban J connectivity index is 1.35. The van der Waals surface area contributed by atoms with Crippen molar-refractivity contribution in [3.8, 4) is 18.1 Å². The van der Waals surface area contributed by atoms with Crippen molar-refractivity contribution in [2.24, 2.45) is 11.8 Å². The minimum Gasteiger partial charge on any atom is -0.426 e. The van der Waals surface area contributed by atoms with E-state index in [1.165, 1.54) is 0 Å². The minimum atomic E-state index is -1.08. The van der Waals surface area contributed by atoms with Gasteiger partial charge < -0.3 is 40.0 Å². The largest absolute Gasteiger partial charge is 0.426 e. The van der Waals surface area contributed by atoms with E-state index in [9.17, 15) is 28.8 Å². The third kappa shape index (κ3) is 16.1. The zero-order valence-corrected chi connectivity index (χ0v) is 41.0. The van der Waals surface area contributed by atoms with Gasteiger partial charge in [-0.25, -0.2) is 0 Å². The molecule has 14 heteroatoms. The van der Waals surface area contributed by atoms with E-state index < -0.39 is 53.5 Å². The zero-order valence-electron chi connectivity index (χ0n) is 41.0. The van der Waals surface area contributed by atoms with Crippen LogP contribution < -0.4 is 26.0 Å². The first-order valence-electron chi connectivity index (χ1n) is 24.0. The lowest BCUT2D eigenvalue weighted by atomic mass is 9.93. The number of epoxide rings is 1. The van der Waals surface area contributed by atoms with Crippen LogP contribution in [0.5, 0.6) is 5.75 Å². The van der Waals surface area contributed by atoms with Crippen molar-refractivity contribution in [1.29, 1.82) is 0 Å². The summed E-state index contributed by atoms with van der Waals surface area (Å²) >= 11 is 0. The molecule has 366 valence electrons. The molecule has 4 amide bonds. The maximum absolute atomic E-state index is 14.5. The number of nitrogens with zero attached hydrogens (tertiary/aromatic N) is 1. The number of hydrogen-bond donors (Lipinski definition) is 4. The second kappa shape index (κ2) is 24.9. The van der Waals surface area contributed by atoms with Crippen LogP contribution in [-0.2, 0) is 57.6 Å². The van der Waals surface area contributed by atoms with E-state index in [2.05, 4.69) is 27.2 Å². The van der Waals surface area contributed by atoms with E-state index in [1.54, 1.807) is 6.92 Å². The smallest absolute Gasteiger partial charge is 0.312 e. The van der Waals surface area contributed by atoms with Crippen molar-refractivity contribution in [3.63, 3.8) is 0 Å². The number of esters is 1. The molecule has 4 N–H and O–H groups in total. The van der Waals surface area contributed by atoms with Gasteiger partial charge in [0.2, 0.25) is 17.7 Å². The summed E-state index contributed by atoms with van der Waals surface area (Å²) in [5.41, 5.74) is 3.37. The summed E-state index contributed by atoms with van der Waals surface area (Å²) in [4.78, 5) is 83.4. The molecule has 2 saturated heterocycles. The molecular formula is C54H72N5O9+. The summed E-state index contributed by atoms with van der Waals surface area (Å²) in [6.45, 7) is 16.2. The lowest BCUT2D eigenvalue weighted by Crippen LogP contribution is -2.61. The second-order valence-corrected chi connectivity index (χ2v) is 19.6. The van der Waals surface area contributed by atoms with E-state index in [-0.39, 0.29) is 68.8 Å². The van der Waals surface area contributed by atoms with Crippen molar-refractivity contribution in [3.05, 3.63) is 101 Å². The summed E-state index contributed by atoms with van der Waals surface area (Å²) in [5, 5.41) is 11.9. The first-order valence-corrected chi connectivity index (χ1v) is 24.0. The van der Waals surface area contributed by atoms with Crippen molar-refractivity contribution < 1.29 is 47.5 Å². The van der Waals surface area contributed by atoms with Gasteiger partial charge in [-0.1, -0.05) is 88.4 Å². The summed E-state index contributed by atoms with van der Waals surface area (Å²) < 4.78 is 17.3. The quantitative estimate of drug-likeness (QED) is 0.0291. The number of rotatable bonds is 25. The molecule has 2 aliphatic heterocycles. The minimum absolute atomic E-state index is 0.0373. The Kier molecular flexibility index (Phi) is 19.5. The third-order valence-corrected chi connectivity index (χ3v) is 12.5. The van der Waals surface area contributed by atoms with Gasteiger partial charge in [0.1, 0.15) is 49.1 Å². The topological polar surface area (TPSA) is 182 Å². The summed E-state index contributed by atoms with van der Waals surface area (Å²) in [5.74, 6) is 0.476. The molecule has 4 unspecified atom stereocenters. The fourth-order valence-electron chi connectivity index (χ4n) is 8.79. The standard InChI is InChI=1S/C54H71N5O9/c1-9-10-21-48(61)68-49-38(6)30-42(31-39(49)7)33-59(24-26-66-27-25-59)34-47(60)55-43(23-22-40-17-13-11-14-18-40)51(63)57-45(29-37(4)5)52(64)58-46(32-41-19-15-12-16-20-41)53(65)56-44(28-36(2)3)50(62)54(8)35-67-54/h1,11-20,30-31,36-37,43-46H,10,21-29,32-35H2,2-8H3,(H3-,55,56,57,58,60,63,64,65)/p+1/t43?,44?,45?,46?,54-/m1/s1. The summed E-state index contributed by atoms with van der Waals surface area (Å²) in [6, 6.07) is 18.9. The molecule has 3 aromatic carbocycles. The highest BCUT2D eigenvalue weighted by molar-refractivity contribution is 5.99. The molecule has 2 aliphatic rings. The Hall–Kier alpha value is -5.88. The first kappa shape index (κ1) is 53.1. The van der Waals surface area contributed by atoms with E-state index in [0.717, 1.165) is 27.8 Å². The predicted molar refractivity (Wildman–Crippen MR) is 260 cm³/mol. The molecule has 0 saturated carbocycles. The van der Waals surface area contributed by atoms with Gasteiger partial charge in [-0.15, -0.1) is 12.3 Å².